The predicted octanol–water partition coefficient (Wildman–Crippen LogP) is -0.641. The first-order chi connectivity index (χ1) is 9.15. The second-order valence-electron chi connectivity index (χ2n) is 3.64. The molecular weight excluding hydrogens is 252 g/mol. The highest BCUT2D eigenvalue weighted by Gasteiger charge is 2.20. The van der Waals surface area contributed by atoms with Crippen LogP contribution < -0.4 is 16.3 Å². The number of urea groups is 2. The second kappa shape index (κ2) is 5.62. The molecule has 0 bridgehead atoms. The average molecular weight is 264 g/mol. The van der Waals surface area contributed by atoms with E-state index < -0.39 is 12.1 Å². The molecule has 0 spiro atoms. The van der Waals surface area contributed by atoms with Crippen LogP contribution in [0.4, 0.5) is 9.59 Å². The monoisotopic (exact) mass is 264 g/mol. The Labute approximate surface area is 107 Å². The van der Waals surface area contributed by atoms with Gasteiger partial charge in [-0.1, -0.05) is 0 Å². The first-order valence-corrected chi connectivity index (χ1v) is 5.35. The van der Waals surface area contributed by atoms with Crippen molar-refractivity contribution in [1.29, 1.82) is 0 Å². The van der Waals surface area contributed by atoms with Crippen molar-refractivity contribution in [3.8, 4) is 0 Å². The van der Waals surface area contributed by atoms with Gasteiger partial charge in [-0.25, -0.2) is 35.9 Å². The smallest absolute Gasteiger partial charge is 0.344 e. The van der Waals surface area contributed by atoms with Crippen LogP contribution in [0.25, 0.3) is 0 Å². The highest BCUT2D eigenvalue weighted by atomic mass is 16.2. The highest BCUT2D eigenvalue weighted by Crippen LogP contribution is 1.93. The lowest BCUT2D eigenvalue weighted by Crippen LogP contribution is -2.55. The van der Waals surface area contributed by atoms with E-state index in [-0.39, 0.29) is 6.54 Å². The summed E-state index contributed by atoms with van der Waals surface area (Å²) >= 11 is 0. The summed E-state index contributed by atoms with van der Waals surface area (Å²) < 4.78 is 0. The third-order valence-electron chi connectivity index (χ3n) is 2.08. The first kappa shape index (κ1) is 12.5. The van der Waals surface area contributed by atoms with Gasteiger partial charge in [-0.05, 0) is 6.92 Å². The molecule has 2 heterocycles. The van der Waals surface area contributed by atoms with Gasteiger partial charge in [0.05, 0.1) is 18.5 Å². The molecule has 0 radical (unpaired) electrons. The second-order valence-corrected chi connectivity index (χ2v) is 3.64. The van der Waals surface area contributed by atoms with Crippen molar-refractivity contribution in [2.45, 2.75) is 6.92 Å². The fourth-order valence-electron chi connectivity index (χ4n) is 1.28. The van der Waals surface area contributed by atoms with Gasteiger partial charge in [-0.2, -0.15) is 10.2 Å². The molecule has 0 aliphatic carbocycles. The topological polar surface area (TPSA) is 127 Å². The molecule has 4 N–H and O–H groups in total. The molecule has 1 aliphatic heterocycles. The van der Waals surface area contributed by atoms with Crippen LogP contribution in [0.1, 0.15) is 12.7 Å². The van der Waals surface area contributed by atoms with Crippen molar-refractivity contribution >= 4 is 24.0 Å². The zero-order valence-corrected chi connectivity index (χ0v) is 10.0. The molecular formula is C9H12N8O2. The van der Waals surface area contributed by atoms with Crippen molar-refractivity contribution in [1.82, 2.24) is 31.3 Å². The minimum Gasteiger partial charge on any atom is -0.344 e. The molecule has 10 nitrogen and oxygen atoms in total. The van der Waals surface area contributed by atoms with Gasteiger partial charge in [-0.15, -0.1) is 0 Å². The van der Waals surface area contributed by atoms with Crippen LogP contribution in [0, 0.1) is 0 Å². The summed E-state index contributed by atoms with van der Waals surface area (Å²) in [7, 11) is 0. The Kier molecular flexibility index (Phi) is 3.71. The van der Waals surface area contributed by atoms with Gasteiger partial charge in [0.15, 0.2) is 0 Å². The Morgan fingerprint density at radius 2 is 2.47 bits per heavy atom. The van der Waals surface area contributed by atoms with E-state index in [9.17, 15) is 9.59 Å². The van der Waals surface area contributed by atoms with Crippen molar-refractivity contribution in [2.75, 3.05) is 6.54 Å². The van der Waals surface area contributed by atoms with E-state index in [0.29, 0.717) is 11.5 Å². The van der Waals surface area contributed by atoms with Crippen molar-refractivity contribution < 1.29 is 9.59 Å². The number of hydrazone groups is 2. The van der Waals surface area contributed by atoms with E-state index in [2.05, 4.69) is 36.4 Å². The number of hydrogen-bond acceptors (Lipinski definition) is 5. The average Bonchev–Trinajstić information content (AvgIpc) is 2.87. The number of amides is 4. The van der Waals surface area contributed by atoms with Gasteiger partial charge in [0, 0.05) is 12.4 Å². The lowest BCUT2D eigenvalue weighted by atomic mass is 10.4. The molecule has 0 unspecified atom stereocenters. The van der Waals surface area contributed by atoms with Gasteiger partial charge in [-0.3, -0.25) is 0 Å². The van der Waals surface area contributed by atoms with E-state index in [1.807, 2.05) is 0 Å². The number of carbonyl (C=O) groups excluding carboxylic acids is 2. The Morgan fingerprint density at radius 1 is 1.63 bits per heavy atom. The van der Waals surface area contributed by atoms with Gasteiger partial charge in [0.2, 0.25) is 0 Å². The maximum atomic E-state index is 11.5. The van der Waals surface area contributed by atoms with Crippen LogP contribution >= 0.6 is 0 Å². The number of imidazole rings is 1. The van der Waals surface area contributed by atoms with Crippen LogP contribution in [0.3, 0.4) is 0 Å². The molecule has 1 aromatic rings. The molecule has 0 saturated carbocycles. The number of aromatic nitrogens is 2. The van der Waals surface area contributed by atoms with Crippen LogP contribution in [-0.4, -0.2) is 45.5 Å². The van der Waals surface area contributed by atoms with E-state index in [1.165, 1.54) is 6.21 Å². The van der Waals surface area contributed by atoms with Crippen molar-refractivity contribution in [3.05, 3.63) is 18.2 Å². The zero-order chi connectivity index (χ0) is 13.7. The fraction of sp³-hybridized carbons (Fsp3) is 0.222. The number of nitrogens with one attached hydrogen (secondary N) is 4. The molecule has 2 rings (SSSR count). The number of carbonyl (C=O) groups is 2. The first-order valence-electron chi connectivity index (χ1n) is 5.35. The quantitative estimate of drug-likeness (QED) is 0.428. The Morgan fingerprint density at radius 3 is 3.21 bits per heavy atom. The van der Waals surface area contributed by atoms with E-state index >= 15 is 0 Å². The standard InChI is InChI=1S/C9H12N8O2/c1-6-5-17(9(19)15-13-6)16-8(18)14-12-4-7-10-2-3-11-7/h2-4H,5H2,1H3,(H,10,11)(H,15,19)(H2,14,16,18)/b12-4+. The maximum absolute atomic E-state index is 11.5. The van der Waals surface area contributed by atoms with Crippen LogP contribution in [0.15, 0.2) is 22.6 Å². The number of nitrogens with zero attached hydrogens (tertiary/aromatic N) is 4. The number of H-pyrrole nitrogens is 1. The minimum absolute atomic E-state index is 0.209. The Bertz CT molecular complexity index is 520. The summed E-state index contributed by atoms with van der Waals surface area (Å²) in [6.07, 6.45) is 4.52. The van der Waals surface area contributed by atoms with Crippen LogP contribution in [0.5, 0.6) is 0 Å². The molecule has 19 heavy (non-hydrogen) atoms. The Hall–Kier alpha value is -2.91. The van der Waals surface area contributed by atoms with E-state index in [1.54, 1.807) is 19.3 Å². The zero-order valence-electron chi connectivity index (χ0n) is 10.0. The predicted molar refractivity (Wildman–Crippen MR) is 66.2 cm³/mol. The largest absolute Gasteiger partial charge is 0.356 e. The van der Waals surface area contributed by atoms with Crippen molar-refractivity contribution in [2.24, 2.45) is 10.2 Å². The third-order valence-corrected chi connectivity index (χ3v) is 2.08. The van der Waals surface area contributed by atoms with E-state index in [0.717, 1.165) is 5.01 Å². The van der Waals surface area contributed by atoms with Crippen LogP contribution in [0.2, 0.25) is 0 Å². The van der Waals surface area contributed by atoms with Crippen LogP contribution in [-0.2, 0) is 0 Å². The van der Waals surface area contributed by atoms with Gasteiger partial charge < -0.3 is 4.98 Å². The molecule has 4 amide bonds. The van der Waals surface area contributed by atoms with Crippen molar-refractivity contribution in [3.63, 3.8) is 0 Å². The molecule has 10 heteroatoms. The molecule has 100 valence electrons. The molecule has 0 saturated heterocycles. The SMILES string of the molecule is CC1=NNC(=O)N(NC(=O)N/N=C/c2ncc[nH]2)C1. The number of hydrogen-bond donors (Lipinski definition) is 4. The number of rotatable bonds is 3. The minimum atomic E-state index is -0.646. The van der Waals surface area contributed by atoms with Gasteiger partial charge >= 0.3 is 12.1 Å². The third kappa shape index (κ3) is 3.52. The summed E-state index contributed by atoms with van der Waals surface area (Å²) in [5.74, 6) is 0.499. The molecule has 0 fully saturated rings. The molecule has 0 aromatic carbocycles. The molecule has 1 aliphatic rings. The van der Waals surface area contributed by atoms with Gasteiger partial charge in [0.25, 0.3) is 0 Å². The lowest BCUT2D eigenvalue weighted by molar-refractivity contribution is 0.173. The lowest BCUT2D eigenvalue weighted by Gasteiger charge is -2.25. The summed E-state index contributed by atoms with van der Waals surface area (Å²) in [6.45, 7) is 1.93. The summed E-state index contributed by atoms with van der Waals surface area (Å²) in [5.41, 5.74) is 7.44. The Balaban J connectivity index is 1.81. The number of aromatic amines is 1. The van der Waals surface area contributed by atoms with Gasteiger partial charge in [0.1, 0.15) is 5.82 Å². The molecule has 1 aromatic heterocycles. The summed E-state index contributed by atoms with van der Waals surface area (Å²) in [6, 6.07) is -1.16. The number of hydrazine groups is 1. The van der Waals surface area contributed by atoms with E-state index in [4.69, 9.17) is 0 Å². The molecule has 0 atom stereocenters. The highest BCUT2D eigenvalue weighted by molar-refractivity contribution is 5.92. The maximum Gasteiger partial charge on any atom is 0.356 e. The fourth-order valence-corrected chi connectivity index (χ4v) is 1.28. The normalized spacial score (nSPS) is 15.1. The summed E-state index contributed by atoms with van der Waals surface area (Å²) in [4.78, 5) is 29.5. The summed E-state index contributed by atoms with van der Waals surface area (Å²) in [5, 5.41) is 8.46.